The fourth-order valence-corrected chi connectivity index (χ4v) is 38.8. The molecule has 1 aliphatic heterocycles. The fourth-order valence-electron chi connectivity index (χ4n) is 10.5. The molecule has 2 unspecified atom stereocenters. The molecule has 0 N–H and O–H groups in total. The first-order valence-electron chi connectivity index (χ1n) is 19.9. The van der Waals surface area contributed by atoms with Crippen molar-refractivity contribution in [1.29, 1.82) is 0 Å². The van der Waals surface area contributed by atoms with Crippen molar-refractivity contribution in [3.05, 3.63) is 172 Å². The first-order valence-corrected chi connectivity index (χ1v) is 31.7. The van der Waals surface area contributed by atoms with Crippen molar-refractivity contribution in [2.24, 2.45) is 0 Å². The van der Waals surface area contributed by atoms with Crippen LogP contribution in [-0.2, 0) is 29.2 Å². The number of rotatable bonds is 9. The Balaban J connectivity index is 1.36. The number of allylic oxidation sites excluding steroid dienone is 2. The average molecular weight is 838 g/mol. The van der Waals surface area contributed by atoms with Crippen molar-refractivity contribution in [2.45, 2.75) is 60.6 Å². The van der Waals surface area contributed by atoms with Gasteiger partial charge >= 0.3 is 335 Å². The molecule has 0 nitrogen and oxygen atoms in total. The van der Waals surface area contributed by atoms with Gasteiger partial charge in [-0.25, -0.2) is 0 Å². The van der Waals surface area contributed by atoms with Gasteiger partial charge in [0.1, 0.15) is 0 Å². The third-order valence-corrected chi connectivity index (χ3v) is 35.7. The van der Waals surface area contributed by atoms with Gasteiger partial charge in [-0.05, 0) is 0 Å². The number of aryl methyl sites for hydroxylation is 2. The molecule has 0 saturated carbocycles. The van der Waals surface area contributed by atoms with Crippen LogP contribution < -0.4 is 13.6 Å². The number of hydrogen-bond donors (Lipinski definition) is 0. The monoisotopic (exact) mass is 835 g/mol. The average Bonchev–Trinajstić information content (AvgIpc) is 3.93. The third-order valence-electron chi connectivity index (χ3n) is 12.9. The van der Waals surface area contributed by atoms with E-state index in [1.54, 1.807) is 0 Å². The molecule has 2 atom stereocenters. The quantitative estimate of drug-likeness (QED) is 0.127. The molecule has 9 rings (SSSR count). The van der Waals surface area contributed by atoms with E-state index in [2.05, 4.69) is 167 Å². The van der Waals surface area contributed by atoms with Gasteiger partial charge in [0.15, 0.2) is 0 Å². The molecule has 269 valence electrons. The summed E-state index contributed by atoms with van der Waals surface area (Å²) in [6, 6.07) is 47.7. The van der Waals surface area contributed by atoms with Gasteiger partial charge in [0, 0.05) is 0 Å². The van der Waals surface area contributed by atoms with Crippen LogP contribution in [0.15, 0.2) is 139 Å². The van der Waals surface area contributed by atoms with Crippen LogP contribution in [0, 0.1) is 0 Å². The van der Waals surface area contributed by atoms with Gasteiger partial charge < -0.3 is 0 Å². The van der Waals surface area contributed by atoms with Crippen LogP contribution >= 0.6 is 17.0 Å². The summed E-state index contributed by atoms with van der Waals surface area (Å²) in [7, 11) is 17.6. The van der Waals surface area contributed by atoms with Crippen LogP contribution in [0.2, 0.25) is 0 Å². The van der Waals surface area contributed by atoms with Crippen molar-refractivity contribution in [1.82, 2.24) is 0 Å². The molecule has 1 heterocycles. The summed E-state index contributed by atoms with van der Waals surface area (Å²) >= 11 is -5.51. The molecule has 2 aliphatic carbocycles. The molecule has 6 aromatic carbocycles. The Morgan fingerprint density at radius 2 is 0.907 bits per heavy atom. The fraction of sp³-hybridized carbons (Fsp3) is 0.200. The van der Waals surface area contributed by atoms with Crippen molar-refractivity contribution < 1.29 is 16.4 Å². The molecular formula is C50H47Cl2SiZr. The van der Waals surface area contributed by atoms with Crippen LogP contribution in [0.4, 0.5) is 0 Å². The maximum atomic E-state index is 9.19. The molecule has 4 heteroatoms. The number of fused-ring (bicyclic) bond motifs is 5. The van der Waals surface area contributed by atoms with Gasteiger partial charge in [0.25, 0.3) is 0 Å². The Kier molecular flexibility index (Phi) is 9.30. The number of hydrogen-bond acceptors (Lipinski definition) is 0. The van der Waals surface area contributed by atoms with Crippen LogP contribution in [0.5, 0.6) is 0 Å². The molecule has 54 heavy (non-hydrogen) atoms. The molecule has 0 saturated heterocycles. The molecule has 0 radical (unpaired) electrons. The van der Waals surface area contributed by atoms with Crippen molar-refractivity contribution in [3.63, 3.8) is 0 Å². The first kappa shape index (κ1) is 36.1. The summed E-state index contributed by atoms with van der Waals surface area (Å²) < 4.78 is 1.17. The number of halogens is 2. The molecule has 0 fully saturated rings. The zero-order valence-corrected chi connectivity index (χ0v) is 37.1. The van der Waals surface area contributed by atoms with Gasteiger partial charge in [-0.2, -0.15) is 0 Å². The molecule has 0 amide bonds. The minimum atomic E-state index is -5.51. The number of benzene rings is 6. The Morgan fingerprint density at radius 1 is 0.463 bits per heavy atom. The molecule has 3 aliphatic rings. The molecule has 0 spiro atoms. The normalized spacial score (nSPS) is 18.0. The second-order valence-corrected chi connectivity index (χ2v) is 37.9. The molecule has 6 aromatic rings. The van der Waals surface area contributed by atoms with Gasteiger partial charge in [0.05, 0.1) is 0 Å². The SMILES string of the molecule is CCC1=Cc2c(-c3ccccc3CC)cccc2[CH]1[Zr]([Cl])([Cl])([c]1cccc2c1[SiH2]c1ccccc1-2)[CH]1C(CC)=Cc2c(-c3ccccc3CC)cccc21. The van der Waals surface area contributed by atoms with Crippen LogP contribution in [0.1, 0.15) is 81.2 Å². The molecule has 0 bridgehead atoms. The Labute approximate surface area is 332 Å². The van der Waals surface area contributed by atoms with E-state index in [-0.39, 0.29) is 7.25 Å². The van der Waals surface area contributed by atoms with Crippen LogP contribution in [0.25, 0.3) is 45.5 Å². The van der Waals surface area contributed by atoms with E-state index in [1.807, 2.05) is 0 Å². The minimum absolute atomic E-state index is 0.0646. The Hall–Kier alpha value is -3.52. The van der Waals surface area contributed by atoms with Gasteiger partial charge in [-0.3, -0.25) is 0 Å². The summed E-state index contributed by atoms with van der Waals surface area (Å²) in [5, 5.41) is 2.97. The summed E-state index contributed by atoms with van der Waals surface area (Å²) in [5.74, 6) is 0. The summed E-state index contributed by atoms with van der Waals surface area (Å²) in [6.45, 7) is 9.14. The summed E-state index contributed by atoms with van der Waals surface area (Å²) in [6.07, 6.45) is 8.76. The van der Waals surface area contributed by atoms with E-state index in [0.29, 0.717) is 0 Å². The second-order valence-electron chi connectivity index (χ2n) is 15.5. The van der Waals surface area contributed by atoms with Crippen molar-refractivity contribution in [3.8, 4) is 33.4 Å². The van der Waals surface area contributed by atoms with Gasteiger partial charge in [-0.1, -0.05) is 0 Å². The predicted octanol–water partition coefficient (Wildman–Crippen LogP) is 12.0. The maximum absolute atomic E-state index is 9.19. The third kappa shape index (κ3) is 5.31. The van der Waals surface area contributed by atoms with Crippen LogP contribution in [0.3, 0.4) is 0 Å². The standard InChI is InChI=1S/2C19H19.C12H9Si.2ClH.Zr/c2*1-3-14-12-16-9-7-11-18(19(16)13-14)17-10-6-5-8-15(17)4-2;1-3-7-11-9(5-1)10-6-2-4-8-12(10)13-11;;;/h2*5-13H,3-4H2,1-2H3;1-7H,13H2;2*1H;/q;;;;;+2/p-2. The second kappa shape index (κ2) is 13.9. The molecular weight excluding hydrogens is 791 g/mol. The Bertz CT molecular complexity index is 2420. The van der Waals surface area contributed by atoms with Gasteiger partial charge in [0.2, 0.25) is 0 Å². The predicted molar refractivity (Wildman–Crippen MR) is 236 cm³/mol. The first-order chi connectivity index (χ1) is 26.3. The van der Waals surface area contributed by atoms with Crippen LogP contribution in [-0.4, -0.2) is 9.52 Å². The van der Waals surface area contributed by atoms with E-state index in [4.69, 9.17) is 0 Å². The topological polar surface area (TPSA) is 0 Å². The van der Waals surface area contributed by atoms with Gasteiger partial charge in [-0.15, -0.1) is 0 Å². The molecule has 0 aromatic heterocycles. The summed E-state index contributed by atoms with van der Waals surface area (Å²) in [4.78, 5) is 0. The van der Waals surface area contributed by atoms with E-state index in [1.165, 1.54) is 91.6 Å². The zero-order chi connectivity index (χ0) is 37.2. The summed E-state index contributed by atoms with van der Waals surface area (Å²) in [5.41, 5.74) is 18.7. The van der Waals surface area contributed by atoms with E-state index in [9.17, 15) is 17.0 Å². The van der Waals surface area contributed by atoms with Crippen molar-refractivity contribution in [2.75, 3.05) is 0 Å². The van der Waals surface area contributed by atoms with E-state index < -0.39 is 25.9 Å². The van der Waals surface area contributed by atoms with E-state index >= 15 is 0 Å². The van der Waals surface area contributed by atoms with Crippen molar-refractivity contribution >= 4 is 52.3 Å². The zero-order valence-electron chi connectivity index (χ0n) is 31.7. The van der Waals surface area contributed by atoms with E-state index in [0.717, 1.165) is 25.7 Å². The Morgan fingerprint density at radius 3 is 1.43 bits per heavy atom.